The molecule has 1 N–H and O–H groups in total. The minimum atomic E-state index is -0.505. The van der Waals surface area contributed by atoms with Crippen LogP contribution in [0.1, 0.15) is 37.6 Å². The summed E-state index contributed by atoms with van der Waals surface area (Å²) >= 11 is 0. The summed E-state index contributed by atoms with van der Waals surface area (Å²) in [5, 5.41) is 3.47. The van der Waals surface area contributed by atoms with Crippen LogP contribution in [0.3, 0.4) is 0 Å². The fourth-order valence-corrected chi connectivity index (χ4v) is 5.33. The van der Waals surface area contributed by atoms with E-state index in [0.717, 1.165) is 42.1 Å². The molecule has 2 fully saturated rings. The number of benzene rings is 1. The van der Waals surface area contributed by atoms with Crippen LogP contribution in [-0.4, -0.2) is 50.1 Å². The number of aryl methyl sites for hydroxylation is 1. The molecule has 2 aliphatic heterocycles. The lowest BCUT2D eigenvalue weighted by atomic mass is 10.1. The maximum absolute atomic E-state index is 13.8. The van der Waals surface area contributed by atoms with Crippen LogP contribution in [0, 0.1) is 5.92 Å². The Kier molecular flexibility index (Phi) is 6.19. The van der Waals surface area contributed by atoms with E-state index >= 15 is 0 Å². The summed E-state index contributed by atoms with van der Waals surface area (Å²) in [7, 11) is 0. The number of Topliss-reactive ketones (excluding diaryl/α,β-unsaturated/α-hetero) is 1. The molecule has 0 aliphatic carbocycles. The molecule has 0 amide bonds. The Balaban J connectivity index is 1.70. The summed E-state index contributed by atoms with van der Waals surface area (Å²) < 4.78 is 4.51. The van der Waals surface area contributed by atoms with Crippen molar-refractivity contribution in [3.63, 3.8) is 0 Å². The van der Waals surface area contributed by atoms with Crippen molar-refractivity contribution in [2.24, 2.45) is 5.92 Å². The molecule has 184 valence electrons. The summed E-state index contributed by atoms with van der Waals surface area (Å²) in [6.07, 6.45) is 3.13. The van der Waals surface area contributed by atoms with Crippen molar-refractivity contribution in [2.45, 2.75) is 52.9 Å². The van der Waals surface area contributed by atoms with Gasteiger partial charge in [0.1, 0.15) is 0 Å². The summed E-state index contributed by atoms with van der Waals surface area (Å²) in [4.78, 5) is 47.3. The van der Waals surface area contributed by atoms with Gasteiger partial charge in [-0.1, -0.05) is 42.0 Å². The Morgan fingerprint density at radius 1 is 1.11 bits per heavy atom. The number of anilines is 1. The number of carbonyl (C=O) groups is 1. The second-order valence-corrected chi connectivity index (χ2v) is 9.65. The van der Waals surface area contributed by atoms with Gasteiger partial charge < -0.3 is 14.8 Å². The van der Waals surface area contributed by atoms with Crippen LogP contribution >= 0.6 is 0 Å². The number of rotatable bonds is 7. The SMILES string of the molecule is CCn1c(=O)n(CC(=O)c2ccccc2)c(=O)c2c1nc(N1CCC3CNCC31)n2CC=C(C)C. The van der Waals surface area contributed by atoms with Gasteiger partial charge in [-0.15, -0.1) is 0 Å². The maximum atomic E-state index is 13.8. The maximum Gasteiger partial charge on any atom is 0.333 e. The molecular weight excluding hydrogens is 444 g/mol. The van der Waals surface area contributed by atoms with Crippen molar-refractivity contribution < 1.29 is 4.79 Å². The molecule has 0 bridgehead atoms. The summed E-state index contributed by atoms with van der Waals surface area (Å²) in [6, 6.07) is 9.07. The van der Waals surface area contributed by atoms with E-state index < -0.39 is 11.2 Å². The number of imidazole rings is 1. The molecule has 2 aliphatic rings. The molecule has 0 radical (unpaired) electrons. The van der Waals surface area contributed by atoms with Crippen molar-refractivity contribution in [2.75, 3.05) is 24.5 Å². The number of nitrogens with one attached hydrogen (secondary N) is 1. The lowest BCUT2D eigenvalue weighted by Gasteiger charge is -2.25. The van der Waals surface area contributed by atoms with E-state index in [-0.39, 0.29) is 12.3 Å². The van der Waals surface area contributed by atoms with E-state index in [0.29, 0.717) is 41.8 Å². The van der Waals surface area contributed by atoms with Gasteiger partial charge >= 0.3 is 5.69 Å². The normalized spacial score (nSPS) is 19.3. The molecule has 3 aromatic rings. The minimum absolute atomic E-state index is 0.276. The Bertz CT molecular complexity index is 1410. The largest absolute Gasteiger partial charge is 0.338 e. The fraction of sp³-hybridized carbons (Fsp3) is 0.462. The highest BCUT2D eigenvalue weighted by Gasteiger charge is 2.40. The van der Waals surface area contributed by atoms with Crippen molar-refractivity contribution in [1.29, 1.82) is 0 Å². The molecule has 0 spiro atoms. The minimum Gasteiger partial charge on any atom is -0.338 e. The van der Waals surface area contributed by atoms with E-state index in [4.69, 9.17) is 4.98 Å². The van der Waals surface area contributed by atoms with E-state index in [1.165, 1.54) is 4.57 Å². The zero-order chi connectivity index (χ0) is 24.7. The van der Waals surface area contributed by atoms with Gasteiger partial charge in [0, 0.05) is 44.3 Å². The summed E-state index contributed by atoms with van der Waals surface area (Å²) in [6.45, 7) is 9.15. The van der Waals surface area contributed by atoms with E-state index in [2.05, 4.69) is 16.3 Å². The first kappa shape index (κ1) is 23.3. The molecule has 9 heteroatoms. The Morgan fingerprint density at radius 3 is 2.60 bits per heavy atom. The number of allylic oxidation sites excluding steroid dienone is 2. The standard InChI is InChI=1S/C26H32N6O3/c1-4-29-23-22(24(34)32(26(29)35)16-21(33)18-8-6-5-7-9-18)31(12-10-17(2)3)25(28-23)30-13-11-19-14-27-15-20(19)30/h5-10,19-20,27H,4,11-16H2,1-3H3. The highest BCUT2D eigenvalue weighted by atomic mass is 16.2. The highest BCUT2D eigenvalue weighted by Crippen LogP contribution is 2.33. The third-order valence-electron chi connectivity index (χ3n) is 7.19. The third kappa shape index (κ3) is 4.03. The van der Waals surface area contributed by atoms with E-state index in [1.54, 1.807) is 24.3 Å². The monoisotopic (exact) mass is 476 g/mol. The Labute approximate surface area is 203 Å². The summed E-state index contributed by atoms with van der Waals surface area (Å²) in [5.74, 6) is 1.00. The average molecular weight is 477 g/mol. The quantitative estimate of drug-likeness (QED) is 0.414. The molecule has 2 atom stereocenters. The second-order valence-electron chi connectivity index (χ2n) is 9.65. The average Bonchev–Trinajstić information content (AvgIpc) is 3.56. The first-order valence-corrected chi connectivity index (χ1v) is 12.3. The molecule has 2 saturated heterocycles. The number of aromatic nitrogens is 4. The van der Waals surface area contributed by atoms with Crippen LogP contribution in [0.25, 0.3) is 11.2 Å². The predicted molar refractivity (Wildman–Crippen MR) is 136 cm³/mol. The lowest BCUT2D eigenvalue weighted by molar-refractivity contribution is 0.0968. The number of fused-ring (bicyclic) bond motifs is 2. The van der Waals surface area contributed by atoms with E-state index in [9.17, 15) is 14.4 Å². The molecule has 5 rings (SSSR count). The van der Waals surface area contributed by atoms with Gasteiger partial charge in [-0.05, 0) is 33.1 Å². The molecule has 1 aromatic carbocycles. The highest BCUT2D eigenvalue weighted by molar-refractivity contribution is 5.95. The zero-order valence-corrected chi connectivity index (χ0v) is 20.5. The topological polar surface area (TPSA) is 94.2 Å². The molecular formula is C26H32N6O3. The smallest absolute Gasteiger partial charge is 0.333 e. The summed E-state index contributed by atoms with van der Waals surface area (Å²) in [5.41, 5.74) is 1.38. The molecule has 2 unspecified atom stereocenters. The third-order valence-corrected chi connectivity index (χ3v) is 7.19. The lowest BCUT2D eigenvalue weighted by Crippen LogP contribution is -2.42. The van der Waals surface area contributed by atoms with Gasteiger partial charge in [0.25, 0.3) is 5.56 Å². The first-order valence-electron chi connectivity index (χ1n) is 12.3. The number of ketones is 1. The van der Waals surface area contributed by atoms with Crippen LogP contribution in [-0.2, 0) is 19.6 Å². The van der Waals surface area contributed by atoms with Crippen LogP contribution in [0.5, 0.6) is 0 Å². The van der Waals surface area contributed by atoms with Gasteiger partial charge in [-0.2, -0.15) is 4.98 Å². The van der Waals surface area contributed by atoms with Crippen LogP contribution in [0.4, 0.5) is 5.95 Å². The second kappa shape index (κ2) is 9.30. The van der Waals surface area contributed by atoms with E-state index in [1.807, 2.05) is 31.4 Å². The predicted octanol–water partition coefficient (Wildman–Crippen LogP) is 2.03. The number of hydrogen-bond acceptors (Lipinski definition) is 6. The van der Waals surface area contributed by atoms with Crippen LogP contribution in [0.15, 0.2) is 51.6 Å². The van der Waals surface area contributed by atoms with Gasteiger partial charge in [-0.3, -0.25) is 18.7 Å². The fourth-order valence-electron chi connectivity index (χ4n) is 5.33. The first-order chi connectivity index (χ1) is 16.9. The number of hydrogen-bond donors (Lipinski definition) is 1. The molecule has 2 aromatic heterocycles. The van der Waals surface area contributed by atoms with Crippen molar-refractivity contribution in [3.8, 4) is 0 Å². The molecule has 4 heterocycles. The van der Waals surface area contributed by atoms with Crippen molar-refractivity contribution >= 4 is 22.9 Å². The van der Waals surface area contributed by atoms with Crippen molar-refractivity contribution in [1.82, 2.24) is 24.0 Å². The van der Waals surface area contributed by atoms with Gasteiger partial charge in [-0.25, -0.2) is 4.79 Å². The van der Waals surface area contributed by atoms with Gasteiger partial charge in [0.15, 0.2) is 16.9 Å². The zero-order valence-electron chi connectivity index (χ0n) is 20.5. The Hall–Kier alpha value is -3.46. The Morgan fingerprint density at radius 2 is 1.89 bits per heavy atom. The van der Waals surface area contributed by atoms with Gasteiger partial charge in [0.2, 0.25) is 5.95 Å². The van der Waals surface area contributed by atoms with Crippen molar-refractivity contribution in [3.05, 3.63) is 68.4 Å². The van der Waals surface area contributed by atoms with Crippen LogP contribution in [0.2, 0.25) is 0 Å². The molecule has 0 saturated carbocycles. The van der Waals surface area contributed by atoms with Gasteiger partial charge in [0.05, 0.1) is 6.54 Å². The van der Waals surface area contributed by atoms with Crippen LogP contribution < -0.4 is 21.5 Å². The number of nitrogens with zero attached hydrogens (tertiary/aromatic N) is 5. The molecule has 35 heavy (non-hydrogen) atoms. The number of carbonyl (C=O) groups excluding carboxylic acids is 1. The molecule has 9 nitrogen and oxygen atoms in total.